The summed E-state index contributed by atoms with van der Waals surface area (Å²) in [6, 6.07) is 5.97. The molecule has 0 unspecified atom stereocenters. The maximum absolute atomic E-state index is 4.71. The highest BCUT2D eigenvalue weighted by Gasteiger charge is 2.17. The molecule has 0 aromatic carbocycles. The zero-order chi connectivity index (χ0) is 17.2. The van der Waals surface area contributed by atoms with Gasteiger partial charge in [-0.2, -0.15) is 0 Å². The molecule has 0 N–H and O–H groups in total. The summed E-state index contributed by atoms with van der Waals surface area (Å²) in [5.74, 6) is 1.68. The molecule has 0 aliphatic rings. The van der Waals surface area contributed by atoms with Gasteiger partial charge >= 0.3 is 0 Å². The van der Waals surface area contributed by atoms with Crippen LogP contribution in [0.3, 0.4) is 0 Å². The average Bonchev–Trinajstić information content (AvgIpc) is 3.28. The summed E-state index contributed by atoms with van der Waals surface area (Å²) in [6.07, 6.45) is 4.37. The van der Waals surface area contributed by atoms with E-state index in [4.69, 9.17) is 4.98 Å². The molecule has 4 aromatic rings. The highest BCUT2D eigenvalue weighted by molar-refractivity contribution is 7.99. The quantitative estimate of drug-likeness (QED) is 0.494. The summed E-state index contributed by atoms with van der Waals surface area (Å²) in [6.45, 7) is 4.93. The van der Waals surface area contributed by atoms with Gasteiger partial charge in [0.2, 0.25) is 0 Å². The summed E-state index contributed by atoms with van der Waals surface area (Å²) in [5.41, 5.74) is 0.960. The minimum atomic E-state index is 0.776. The third-order valence-electron chi connectivity index (χ3n) is 3.79. The van der Waals surface area contributed by atoms with Gasteiger partial charge in [0, 0.05) is 36.3 Å². The van der Waals surface area contributed by atoms with Crippen LogP contribution in [-0.4, -0.2) is 29.7 Å². The minimum Gasteiger partial charge on any atom is -0.302 e. The largest absolute Gasteiger partial charge is 0.302 e. The molecule has 4 heterocycles. The van der Waals surface area contributed by atoms with Crippen molar-refractivity contribution in [1.29, 1.82) is 0 Å². The van der Waals surface area contributed by atoms with E-state index in [2.05, 4.69) is 50.0 Å². The summed E-state index contributed by atoms with van der Waals surface area (Å²) >= 11 is 3.18. The first kappa shape index (κ1) is 16.2. The molecular weight excluding hydrogens is 352 g/mol. The van der Waals surface area contributed by atoms with E-state index in [1.165, 1.54) is 0 Å². The Balaban J connectivity index is 1.77. The molecule has 8 heteroatoms. The van der Waals surface area contributed by atoms with Gasteiger partial charge in [-0.15, -0.1) is 21.5 Å². The molecule has 6 nitrogen and oxygen atoms in total. The lowest BCUT2D eigenvalue weighted by atomic mass is 10.3. The van der Waals surface area contributed by atoms with Crippen LogP contribution in [0.15, 0.2) is 46.2 Å². The van der Waals surface area contributed by atoms with Crippen molar-refractivity contribution < 1.29 is 0 Å². The highest BCUT2D eigenvalue weighted by atomic mass is 32.2. The van der Waals surface area contributed by atoms with Crippen LogP contribution in [0.25, 0.3) is 21.6 Å². The number of rotatable bonds is 5. The topological polar surface area (TPSA) is 69.4 Å². The van der Waals surface area contributed by atoms with Gasteiger partial charge in [0.15, 0.2) is 11.0 Å². The van der Waals surface area contributed by atoms with E-state index < -0.39 is 0 Å². The first-order valence-electron chi connectivity index (χ1n) is 8.05. The van der Waals surface area contributed by atoms with Gasteiger partial charge in [0.1, 0.15) is 15.7 Å². The first-order chi connectivity index (χ1) is 12.3. The molecular formula is C17H16N6S2. The number of aromatic nitrogens is 6. The summed E-state index contributed by atoms with van der Waals surface area (Å²) in [7, 11) is 0. The van der Waals surface area contributed by atoms with Crippen molar-refractivity contribution in [3.8, 4) is 11.4 Å². The van der Waals surface area contributed by atoms with E-state index >= 15 is 0 Å². The van der Waals surface area contributed by atoms with E-state index in [1.807, 2.05) is 18.3 Å². The number of hydrogen-bond donors (Lipinski definition) is 0. The first-order valence-corrected chi connectivity index (χ1v) is 9.75. The van der Waals surface area contributed by atoms with Crippen LogP contribution in [0.4, 0.5) is 0 Å². The predicted octanol–water partition coefficient (Wildman–Crippen LogP) is 4.08. The number of aryl methyl sites for hydroxylation is 1. The van der Waals surface area contributed by atoms with Crippen molar-refractivity contribution in [1.82, 2.24) is 29.7 Å². The number of fused-ring (bicyclic) bond motifs is 1. The summed E-state index contributed by atoms with van der Waals surface area (Å²) < 4.78 is 2.09. The number of pyridine rings is 1. The zero-order valence-electron chi connectivity index (χ0n) is 13.9. The highest BCUT2D eigenvalue weighted by Crippen LogP contribution is 2.34. The Bertz CT molecular complexity index is 1010. The maximum Gasteiger partial charge on any atom is 0.197 e. The lowest BCUT2D eigenvalue weighted by Crippen LogP contribution is -2.01. The Hall–Kier alpha value is -2.32. The van der Waals surface area contributed by atoms with Crippen LogP contribution in [0, 0.1) is 0 Å². The van der Waals surface area contributed by atoms with Crippen LogP contribution < -0.4 is 0 Å². The smallest absolute Gasteiger partial charge is 0.197 e. The molecule has 0 amide bonds. The minimum absolute atomic E-state index is 0.776. The Morgan fingerprint density at radius 3 is 2.84 bits per heavy atom. The normalized spacial score (nSPS) is 11.3. The third kappa shape index (κ3) is 3.03. The van der Waals surface area contributed by atoms with Crippen LogP contribution in [-0.2, 0) is 13.0 Å². The monoisotopic (exact) mass is 368 g/mol. The van der Waals surface area contributed by atoms with Gasteiger partial charge in [-0.25, -0.2) is 9.97 Å². The van der Waals surface area contributed by atoms with Crippen LogP contribution in [0.2, 0.25) is 0 Å². The molecule has 0 radical (unpaired) electrons. The van der Waals surface area contributed by atoms with Gasteiger partial charge in [-0.05, 0) is 42.3 Å². The SMILES string of the molecule is CCc1nc(Sc2nnc(-c3cccnc3)n2CC)c2ccsc2n1. The van der Waals surface area contributed by atoms with Gasteiger partial charge in [0.05, 0.1) is 0 Å². The number of hydrogen-bond acceptors (Lipinski definition) is 7. The average molecular weight is 368 g/mol. The van der Waals surface area contributed by atoms with Crippen molar-refractivity contribution in [2.24, 2.45) is 0 Å². The van der Waals surface area contributed by atoms with Crippen molar-refractivity contribution in [3.05, 3.63) is 41.8 Å². The molecule has 0 aliphatic carbocycles. The third-order valence-corrected chi connectivity index (χ3v) is 5.59. The van der Waals surface area contributed by atoms with Gasteiger partial charge < -0.3 is 4.57 Å². The van der Waals surface area contributed by atoms with E-state index in [9.17, 15) is 0 Å². The zero-order valence-corrected chi connectivity index (χ0v) is 15.5. The molecule has 0 saturated heterocycles. The second-order valence-corrected chi connectivity index (χ2v) is 7.18. The molecule has 4 aromatic heterocycles. The van der Waals surface area contributed by atoms with Crippen LogP contribution in [0.1, 0.15) is 19.7 Å². The van der Waals surface area contributed by atoms with Crippen LogP contribution in [0.5, 0.6) is 0 Å². The van der Waals surface area contributed by atoms with E-state index in [1.54, 1.807) is 29.3 Å². The molecule has 0 spiro atoms. The van der Waals surface area contributed by atoms with Crippen molar-refractivity contribution in [3.63, 3.8) is 0 Å². The fourth-order valence-electron chi connectivity index (χ4n) is 2.55. The van der Waals surface area contributed by atoms with Crippen LogP contribution >= 0.6 is 23.1 Å². The lowest BCUT2D eigenvalue weighted by molar-refractivity contribution is 0.686. The maximum atomic E-state index is 4.71. The predicted molar refractivity (Wildman–Crippen MR) is 99.8 cm³/mol. The second kappa shape index (κ2) is 6.89. The molecule has 0 atom stereocenters. The molecule has 126 valence electrons. The van der Waals surface area contributed by atoms with E-state index in [-0.39, 0.29) is 0 Å². The Labute approximate surface area is 153 Å². The molecule has 0 saturated carbocycles. The standard InChI is InChI=1S/C17H16N6S2/c1-3-13-19-15-12(7-9-24-15)16(20-13)25-17-22-21-14(23(17)4-2)11-6-5-8-18-10-11/h5-10H,3-4H2,1-2H3. The summed E-state index contributed by atoms with van der Waals surface area (Å²) in [5, 5.41) is 13.7. The van der Waals surface area contributed by atoms with Gasteiger partial charge in [0.25, 0.3) is 0 Å². The van der Waals surface area contributed by atoms with Gasteiger partial charge in [-0.3, -0.25) is 4.98 Å². The molecule has 0 bridgehead atoms. The summed E-state index contributed by atoms with van der Waals surface area (Å²) in [4.78, 5) is 14.5. The lowest BCUT2D eigenvalue weighted by Gasteiger charge is -2.08. The van der Waals surface area contributed by atoms with Gasteiger partial charge in [-0.1, -0.05) is 6.92 Å². The second-order valence-electron chi connectivity index (χ2n) is 5.33. The molecule has 4 rings (SSSR count). The fourth-order valence-corrected chi connectivity index (χ4v) is 4.40. The Kier molecular flexibility index (Phi) is 4.46. The number of nitrogens with zero attached hydrogens (tertiary/aromatic N) is 6. The Morgan fingerprint density at radius 1 is 1.16 bits per heavy atom. The van der Waals surface area contributed by atoms with Crippen molar-refractivity contribution in [2.45, 2.75) is 37.0 Å². The fraction of sp³-hybridized carbons (Fsp3) is 0.235. The molecule has 0 aliphatic heterocycles. The van der Waals surface area contributed by atoms with E-state index in [0.717, 1.165) is 50.6 Å². The molecule has 0 fully saturated rings. The molecule has 25 heavy (non-hydrogen) atoms. The van der Waals surface area contributed by atoms with E-state index in [0.29, 0.717) is 0 Å². The Morgan fingerprint density at radius 2 is 2.08 bits per heavy atom. The van der Waals surface area contributed by atoms with Crippen molar-refractivity contribution in [2.75, 3.05) is 0 Å². The van der Waals surface area contributed by atoms with Crippen molar-refractivity contribution >= 4 is 33.3 Å². The number of thiophene rings is 1.